The van der Waals surface area contributed by atoms with Crippen LogP contribution in [0.4, 0.5) is 5.69 Å². The van der Waals surface area contributed by atoms with Crippen molar-refractivity contribution in [2.45, 2.75) is 11.8 Å². The Labute approximate surface area is 142 Å². The van der Waals surface area contributed by atoms with E-state index in [1.807, 2.05) is 6.92 Å². The molecule has 124 valence electrons. The van der Waals surface area contributed by atoms with Gasteiger partial charge < -0.3 is 5.32 Å². The second-order valence-corrected chi connectivity index (χ2v) is 7.19. The van der Waals surface area contributed by atoms with Crippen LogP contribution < -0.4 is 9.62 Å². The van der Waals surface area contributed by atoms with Crippen molar-refractivity contribution in [3.05, 3.63) is 59.7 Å². The Morgan fingerprint density at radius 3 is 2.25 bits per heavy atom. The second kappa shape index (κ2) is 7.20. The smallest absolute Gasteiger partial charge is 0.264 e. The number of terminal acetylenes is 1. The molecule has 2 rings (SSSR count). The molecule has 0 saturated heterocycles. The van der Waals surface area contributed by atoms with E-state index in [2.05, 4.69) is 11.2 Å². The summed E-state index contributed by atoms with van der Waals surface area (Å²) in [4.78, 5) is 12.0. The van der Waals surface area contributed by atoms with Gasteiger partial charge in [0.05, 0.1) is 17.1 Å². The summed E-state index contributed by atoms with van der Waals surface area (Å²) in [7, 11) is -2.18. The number of amides is 1. The first kappa shape index (κ1) is 17.6. The maximum atomic E-state index is 12.6. The molecular formula is C18H18N2O3S. The van der Waals surface area contributed by atoms with Crippen LogP contribution >= 0.6 is 0 Å². The van der Waals surface area contributed by atoms with Gasteiger partial charge in [-0.15, -0.1) is 6.42 Å². The number of carbonyl (C=O) groups excluding carboxylic acids is 1. The van der Waals surface area contributed by atoms with Crippen LogP contribution in [0.2, 0.25) is 0 Å². The predicted molar refractivity (Wildman–Crippen MR) is 94.4 cm³/mol. The summed E-state index contributed by atoms with van der Waals surface area (Å²) >= 11 is 0. The number of aryl methyl sites for hydroxylation is 1. The predicted octanol–water partition coefficient (Wildman–Crippen LogP) is 2.18. The topological polar surface area (TPSA) is 66.5 Å². The molecular weight excluding hydrogens is 324 g/mol. The first-order valence-electron chi connectivity index (χ1n) is 7.23. The van der Waals surface area contributed by atoms with Gasteiger partial charge in [0.25, 0.3) is 15.9 Å². The van der Waals surface area contributed by atoms with Crippen LogP contribution in [0.5, 0.6) is 0 Å². The molecule has 0 bridgehead atoms. The standard InChI is InChI=1S/C18H18N2O3S/c1-4-13-19-18(21)15-7-9-16(10-8-15)20(3)24(22,23)17-11-5-14(2)6-12-17/h1,5-12H,13H2,2-3H3,(H,19,21). The summed E-state index contributed by atoms with van der Waals surface area (Å²) in [6.45, 7) is 2.03. The van der Waals surface area contributed by atoms with Crippen LogP contribution in [0.1, 0.15) is 15.9 Å². The van der Waals surface area contributed by atoms with Gasteiger partial charge in [0.2, 0.25) is 0 Å². The SMILES string of the molecule is C#CCNC(=O)c1ccc(N(C)S(=O)(=O)c2ccc(C)cc2)cc1. The van der Waals surface area contributed by atoms with Crippen molar-refractivity contribution >= 4 is 21.6 Å². The highest BCUT2D eigenvalue weighted by molar-refractivity contribution is 7.92. The summed E-state index contributed by atoms with van der Waals surface area (Å²) < 4.78 is 26.4. The summed E-state index contributed by atoms with van der Waals surface area (Å²) in [5.74, 6) is 2.02. The van der Waals surface area contributed by atoms with Crippen molar-refractivity contribution in [3.63, 3.8) is 0 Å². The quantitative estimate of drug-likeness (QED) is 0.847. The molecule has 0 aliphatic rings. The lowest BCUT2D eigenvalue weighted by Crippen LogP contribution is -2.27. The van der Waals surface area contributed by atoms with Gasteiger partial charge >= 0.3 is 0 Å². The van der Waals surface area contributed by atoms with E-state index in [1.54, 1.807) is 48.5 Å². The summed E-state index contributed by atoms with van der Waals surface area (Å²) in [5, 5.41) is 2.55. The number of anilines is 1. The minimum Gasteiger partial charge on any atom is -0.341 e. The van der Waals surface area contributed by atoms with Crippen LogP contribution in [-0.4, -0.2) is 27.9 Å². The fourth-order valence-electron chi connectivity index (χ4n) is 2.06. The monoisotopic (exact) mass is 342 g/mol. The Bertz CT molecular complexity index is 864. The number of benzene rings is 2. The molecule has 0 spiro atoms. The molecule has 24 heavy (non-hydrogen) atoms. The highest BCUT2D eigenvalue weighted by atomic mass is 32.2. The Balaban J connectivity index is 2.23. The van der Waals surface area contributed by atoms with Crippen molar-refractivity contribution < 1.29 is 13.2 Å². The average molecular weight is 342 g/mol. The van der Waals surface area contributed by atoms with E-state index in [0.717, 1.165) is 5.56 Å². The molecule has 2 aromatic rings. The van der Waals surface area contributed by atoms with E-state index in [9.17, 15) is 13.2 Å². The lowest BCUT2D eigenvalue weighted by molar-refractivity contribution is 0.0958. The first-order chi connectivity index (χ1) is 11.4. The molecule has 0 heterocycles. The number of nitrogens with zero attached hydrogens (tertiary/aromatic N) is 1. The van der Waals surface area contributed by atoms with Gasteiger partial charge in [-0.25, -0.2) is 8.42 Å². The van der Waals surface area contributed by atoms with E-state index in [0.29, 0.717) is 11.3 Å². The molecule has 1 N–H and O–H groups in total. The van der Waals surface area contributed by atoms with Crippen molar-refractivity contribution in [3.8, 4) is 12.3 Å². The molecule has 2 aromatic carbocycles. The minimum absolute atomic E-state index is 0.141. The van der Waals surface area contributed by atoms with Crippen LogP contribution in [0, 0.1) is 19.3 Å². The third-order valence-electron chi connectivity index (χ3n) is 3.52. The van der Waals surface area contributed by atoms with Gasteiger partial charge in [-0.3, -0.25) is 9.10 Å². The Kier molecular flexibility index (Phi) is 5.27. The van der Waals surface area contributed by atoms with Gasteiger partial charge in [-0.05, 0) is 43.3 Å². The summed E-state index contributed by atoms with van der Waals surface area (Å²) in [6, 6.07) is 12.9. The third-order valence-corrected chi connectivity index (χ3v) is 5.32. The van der Waals surface area contributed by atoms with Crippen molar-refractivity contribution in [2.24, 2.45) is 0 Å². The molecule has 6 heteroatoms. The van der Waals surface area contributed by atoms with Gasteiger partial charge in [0.1, 0.15) is 0 Å². The normalized spacial score (nSPS) is 10.7. The Hall–Kier alpha value is -2.78. The molecule has 0 unspecified atom stereocenters. The average Bonchev–Trinajstić information content (AvgIpc) is 2.59. The van der Waals surface area contributed by atoms with Gasteiger partial charge in [0.15, 0.2) is 0 Å². The van der Waals surface area contributed by atoms with Crippen LogP contribution in [0.3, 0.4) is 0 Å². The van der Waals surface area contributed by atoms with Crippen molar-refractivity contribution in [1.82, 2.24) is 5.32 Å². The number of sulfonamides is 1. The van der Waals surface area contributed by atoms with Crippen molar-refractivity contribution in [2.75, 3.05) is 17.9 Å². The number of hydrogen-bond acceptors (Lipinski definition) is 3. The van der Waals surface area contributed by atoms with E-state index in [-0.39, 0.29) is 17.3 Å². The Morgan fingerprint density at radius 1 is 1.12 bits per heavy atom. The van der Waals surface area contributed by atoms with Crippen molar-refractivity contribution in [1.29, 1.82) is 0 Å². The van der Waals surface area contributed by atoms with Crippen LogP contribution in [0.25, 0.3) is 0 Å². The highest BCUT2D eigenvalue weighted by Crippen LogP contribution is 2.22. The van der Waals surface area contributed by atoms with Crippen LogP contribution in [0.15, 0.2) is 53.4 Å². The Morgan fingerprint density at radius 2 is 1.71 bits per heavy atom. The lowest BCUT2D eigenvalue weighted by atomic mass is 10.2. The number of hydrogen-bond donors (Lipinski definition) is 1. The number of nitrogens with one attached hydrogen (secondary N) is 1. The number of rotatable bonds is 5. The van der Waals surface area contributed by atoms with E-state index >= 15 is 0 Å². The molecule has 5 nitrogen and oxygen atoms in total. The summed E-state index contributed by atoms with van der Waals surface area (Å²) in [5.41, 5.74) is 1.86. The zero-order valence-electron chi connectivity index (χ0n) is 13.5. The molecule has 0 aliphatic heterocycles. The number of carbonyl (C=O) groups is 1. The highest BCUT2D eigenvalue weighted by Gasteiger charge is 2.21. The fourth-order valence-corrected chi connectivity index (χ4v) is 3.26. The maximum Gasteiger partial charge on any atom is 0.264 e. The first-order valence-corrected chi connectivity index (χ1v) is 8.67. The third kappa shape index (κ3) is 3.76. The molecule has 0 aliphatic carbocycles. The fraction of sp³-hybridized carbons (Fsp3) is 0.167. The molecule has 0 saturated carbocycles. The van der Waals surface area contributed by atoms with E-state index in [1.165, 1.54) is 11.4 Å². The molecule has 0 aromatic heterocycles. The maximum absolute atomic E-state index is 12.6. The zero-order valence-corrected chi connectivity index (χ0v) is 14.3. The lowest BCUT2D eigenvalue weighted by Gasteiger charge is -2.20. The van der Waals surface area contributed by atoms with E-state index < -0.39 is 10.0 Å². The molecule has 1 amide bonds. The molecule has 0 radical (unpaired) electrons. The molecule has 0 fully saturated rings. The van der Waals surface area contributed by atoms with Gasteiger partial charge in [0, 0.05) is 12.6 Å². The molecule has 0 atom stereocenters. The van der Waals surface area contributed by atoms with Gasteiger partial charge in [-0.2, -0.15) is 0 Å². The van der Waals surface area contributed by atoms with Gasteiger partial charge in [-0.1, -0.05) is 23.6 Å². The zero-order chi connectivity index (χ0) is 17.7. The minimum atomic E-state index is -3.65. The largest absolute Gasteiger partial charge is 0.341 e. The van der Waals surface area contributed by atoms with E-state index in [4.69, 9.17) is 6.42 Å². The second-order valence-electron chi connectivity index (χ2n) is 5.22. The van der Waals surface area contributed by atoms with Crippen LogP contribution in [-0.2, 0) is 10.0 Å². The summed E-state index contributed by atoms with van der Waals surface area (Å²) in [6.07, 6.45) is 5.09.